The summed E-state index contributed by atoms with van der Waals surface area (Å²) < 4.78 is 0. The normalized spacial score (nSPS) is 13.2. The first-order chi connectivity index (χ1) is 8.97. The van der Waals surface area contributed by atoms with Gasteiger partial charge >= 0.3 is 0 Å². The lowest BCUT2D eigenvalue weighted by molar-refractivity contribution is -0.117. The SMILES string of the molecule is CC/C=C(/C)C(=O)NCC(O)c1c(Cl)cccc1Cl. The number of hydrogen-bond acceptors (Lipinski definition) is 2. The van der Waals surface area contributed by atoms with E-state index in [0.717, 1.165) is 6.42 Å². The third kappa shape index (κ3) is 4.53. The van der Waals surface area contributed by atoms with Crippen LogP contribution < -0.4 is 5.32 Å². The fourth-order valence-electron chi connectivity index (χ4n) is 1.66. The number of halogens is 2. The molecule has 19 heavy (non-hydrogen) atoms. The van der Waals surface area contributed by atoms with Gasteiger partial charge in [-0.25, -0.2) is 0 Å². The van der Waals surface area contributed by atoms with Crippen molar-refractivity contribution in [2.75, 3.05) is 6.54 Å². The number of carbonyl (C=O) groups is 1. The number of aliphatic hydroxyl groups is 1. The smallest absolute Gasteiger partial charge is 0.246 e. The Hall–Kier alpha value is -1.03. The molecule has 0 aliphatic carbocycles. The largest absolute Gasteiger partial charge is 0.386 e. The highest BCUT2D eigenvalue weighted by molar-refractivity contribution is 6.36. The average molecular weight is 302 g/mol. The van der Waals surface area contributed by atoms with Crippen LogP contribution in [0.1, 0.15) is 31.9 Å². The number of hydrogen-bond donors (Lipinski definition) is 2. The summed E-state index contributed by atoms with van der Waals surface area (Å²) in [5, 5.41) is 13.5. The van der Waals surface area contributed by atoms with Crippen molar-refractivity contribution in [3.63, 3.8) is 0 Å². The Balaban J connectivity index is 2.69. The molecule has 104 valence electrons. The van der Waals surface area contributed by atoms with Crippen LogP contribution in [-0.2, 0) is 4.79 Å². The minimum Gasteiger partial charge on any atom is -0.386 e. The van der Waals surface area contributed by atoms with Crippen molar-refractivity contribution in [1.82, 2.24) is 5.32 Å². The van der Waals surface area contributed by atoms with Gasteiger partial charge in [0, 0.05) is 27.7 Å². The summed E-state index contributed by atoms with van der Waals surface area (Å²) in [4.78, 5) is 11.7. The second kappa shape index (κ2) is 7.53. The zero-order chi connectivity index (χ0) is 14.4. The fourth-order valence-corrected chi connectivity index (χ4v) is 2.31. The average Bonchev–Trinajstić information content (AvgIpc) is 2.36. The summed E-state index contributed by atoms with van der Waals surface area (Å²) in [7, 11) is 0. The highest BCUT2D eigenvalue weighted by Crippen LogP contribution is 2.29. The molecule has 2 N–H and O–H groups in total. The minimum absolute atomic E-state index is 0.0666. The van der Waals surface area contributed by atoms with Gasteiger partial charge in [0.15, 0.2) is 0 Å². The summed E-state index contributed by atoms with van der Waals surface area (Å²) in [5.74, 6) is -0.205. The molecule has 1 atom stereocenters. The zero-order valence-electron chi connectivity index (χ0n) is 10.9. The monoisotopic (exact) mass is 301 g/mol. The van der Waals surface area contributed by atoms with Crippen molar-refractivity contribution in [1.29, 1.82) is 0 Å². The van der Waals surface area contributed by atoms with E-state index in [1.54, 1.807) is 25.1 Å². The fraction of sp³-hybridized carbons (Fsp3) is 0.357. The van der Waals surface area contributed by atoms with E-state index >= 15 is 0 Å². The zero-order valence-corrected chi connectivity index (χ0v) is 12.4. The Labute approximate surface area is 123 Å². The maximum Gasteiger partial charge on any atom is 0.246 e. The first-order valence-corrected chi connectivity index (χ1v) is 6.79. The van der Waals surface area contributed by atoms with Gasteiger partial charge in [0.05, 0.1) is 6.10 Å². The molecule has 1 aromatic carbocycles. The Morgan fingerprint density at radius 1 is 1.42 bits per heavy atom. The van der Waals surface area contributed by atoms with E-state index in [4.69, 9.17) is 23.2 Å². The second-order valence-electron chi connectivity index (χ2n) is 4.16. The van der Waals surface area contributed by atoms with E-state index < -0.39 is 6.10 Å². The molecule has 0 aliphatic rings. The molecule has 0 spiro atoms. The predicted molar refractivity (Wildman–Crippen MR) is 78.5 cm³/mol. The van der Waals surface area contributed by atoms with Gasteiger partial charge in [-0.3, -0.25) is 4.79 Å². The van der Waals surface area contributed by atoms with Crippen molar-refractivity contribution >= 4 is 29.1 Å². The third-order valence-electron chi connectivity index (χ3n) is 2.66. The van der Waals surface area contributed by atoms with Gasteiger partial charge in [-0.15, -0.1) is 0 Å². The van der Waals surface area contributed by atoms with Crippen LogP contribution in [0.2, 0.25) is 10.0 Å². The lowest BCUT2D eigenvalue weighted by Crippen LogP contribution is -2.29. The van der Waals surface area contributed by atoms with Crippen LogP contribution in [-0.4, -0.2) is 17.6 Å². The molecule has 0 fully saturated rings. The van der Waals surface area contributed by atoms with Crippen LogP contribution in [0.3, 0.4) is 0 Å². The molecule has 0 heterocycles. The van der Waals surface area contributed by atoms with Crippen molar-refractivity contribution in [2.45, 2.75) is 26.4 Å². The van der Waals surface area contributed by atoms with E-state index in [1.807, 2.05) is 13.0 Å². The molecule has 3 nitrogen and oxygen atoms in total. The maximum absolute atomic E-state index is 11.7. The maximum atomic E-state index is 11.7. The molecule has 0 aliphatic heterocycles. The first-order valence-electron chi connectivity index (χ1n) is 6.04. The number of nitrogens with one attached hydrogen (secondary N) is 1. The van der Waals surface area contributed by atoms with Crippen LogP contribution >= 0.6 is 23.2 Å². The lowest BCUT2D eigenvalue weighted by Gasteiger charge is -2.15. The molecule has 1 unspecified atom stereocenters. The molecule has 0 saturated heterocycles. The van der Waals surface area contributed by atoms with Gasteiger partial charge < -0.3 is 10.4 Å². The summed E-state index contributed by atoms with van der Waals surface area (Å²) >= 11 is 12.0. The standard InChI is InChI=1S/C14H17Cl2NO2/c1-3-5-9(2)14(19)17-8-12(18)13-10(15)6-4-7-11(13)16/h4-7,12,18H,3,8H2,1-2H3,(H,17,19)/b9-5-. The van der Waals surface area contributed by atoms with Crippen molar-refractivity contribution in [2.24, 2.45) is 0 Å². The molecule has 0 aromatic heterocycles. The number of rotatable bonds is 5. The summed E-state index contributed by atoms with van der Waals surface area (Å²) in [6, 6.07) is 5.00. The van der Waals surface area contributed by atoms with Gasteiger partial charge in [-0.2, -0.15) is 0 Å². The van der Waals surface area contributed by atoms with Crippen LogP contribution in [0.4, 0.5) is 0 Å². The molecule has 0 radical (unpaired) electrons. The van der Waals surface area contributed by atoms with Crippen LogP contribution in [0.15, 0.2) is 29.8 Å². The van der Waals surface area contributed by atoms with Crippen LogP contribution in [0, 0.1) is 0 Å². The van der Waals surface area contributed by atoms with Gasteiger partial charge in [0.25, 0.3) is 0 Å². The molecule has 1 amide bonds. The third-order valence-corrected chi connectivity index (χ3v) is 3.32. The molecule has 1 aromatic rings. The summed E-state index contributed by atoms with van der Waals surface area (Å²) in [5.41, 5.74) is 1.06. The van der Waals surface area contributed by atoms with Crippen LogP contribution in [0.5, 0.6) is 0 Å². The van der Waals surface area contributed by atoms with Gasteiger partial charge in [-0.05, 0) is 25.5 Å². The molecule has 1 rings (SSSR count). The van der Waals surface area contributed by atoms with E-state index in [2.05, 4.69) is 5.32 Å². The van der Waals surface area contributed by atoms with Gasteiger partial charge in [0.2, 0.25) is 5.91 Å². The van der Waals surface area contributed by atoms with Crippen molar-refractivity contribution in [3.8, 4) is 0 Å². The predicted octanol–water partition coefficient (Wildman–Crippen LogP) is 3.50. The quantitative estimate of drug-likeness (QED) is 0.818. The van der Waals surface area contributed by atoms with Crippen molar-refractivity contribution < 1.29 is 9.90 Å². The Kier molecular flexibility index (Phi) is 6.35. The van der Waals surface area contributed by atoms with Crippen molar-refractivity contribution in [3.05, 3.63) is 45.5 Å². The molecule has 0 bridgehead atoms. The number of benzene rings is 1. The number of aliphatic hydroxyl groups excluding tert-OH is 1. The Morgan fingerprint density at radius 3 is 2.53 bits per heavy atom. The lowest BCUT2D eigenvalue weighted by atomic mass is 10.1. The Morgan fingerprint density at radius 2 is 2.00 bits per heavy atom. The van der Waals surface area contributed by atoms with E-state index in [0.29, 0.717) is 21.2 Å². The number of carbonyl (C=O) groups excluding carboxylic acids is 1. The van der Waals surface area contributed by atoms with E-state index in [1.165, 1.54) is 0 Å². The van der Waals surface area contributed by atoms with Gasteiger partial charge in [-0.1, -0.05) is 42.3 Å². The van der Waals surface area contributed by atoms with Crippen LogP contribution in [0.25, 0.3) is 0 Å². The minimum atomic E-state index is -0.931. The summed E-state index contributed by atoms with van der Waals surface area (Å²) in [6.07, 6.45) is 1.68. The molecule has 0 saturated carbocycles. The second-order valence-corrected chi connectivity index (χ2v) is 4.97. The molecular formula is C14H17Cl2NO2. The van der Waals surface area contributed by atoms with E-state index in [-0.39, 0.29) is 12.5 Å². The Bertz CT molecular complexity index is 466. The van der Waals surface area contributed by atoms with Gasteiger partial charge in [0.1, 0.15) is 0 Å². The molecular weight excluding hydrogens is 285 g/mol. The highest BCUT2D eigenvalue weighted by Gasteiger charge is 2.16. The first kappa shape index (κ1) is 16.0. The number of allylic oxidation sites excluding steroid dienone is 1. The molecule has 5 heteroatoms. The van der Waals surface area contributed by atoms with E-state index in [9.17, 15) is 9.90 Å². The summed E-state index contributed by atoms with van der Waals surface area (Å²) in [6.45, 7) is 3.75. The number of amides is 1. The topological polar surface area (TPSA) is 49.3 Å². The highest BCUT2D eigenvalue weighted by atomic mass is 35.5.